The first-order chi connectivity index (χ1) is 46.5. The van der Waals surface area contributed by atoms with Gasteiger partial charge in [0.25, 0.3) is 0 Å². The minimum Gasteiger partial charge on any atom is -0.378 e. The van der Waals surface area contributed by atoms with E-state index in [9.17, 15) is 68.3 Å². The van der Waals surface area contributed by atoms with Crippen LogP contribution >= 0.6 is 0 Å². The number of piperidine rings is 3. The molecule has 98 heavy (non-hydrogen) atoms. The van der Waals surface area contributed by atoms with Crippen LogP contribution in [-0.2, 0) is 52.8 Å². The fourth-order valence-corrected chi connectivity index (χ4v) is 17.6. The number of nitrogens with one attached hydrogen (secondary N) is 2. The second kappa shape index (κ2) is 30.5. The number of carbonyl (C=O) groups is 6. The van der Waals surface area contributed by atoms with Crippen LogP contribution in [0.25, 0.3) is 0 Å². The number of halogens is 9. The number of fused-ring (bicyclic) bond motifs is 6. The molecule has 25 heteroatoms. The Morgan fingerprint density at radius 2 is 0.755 bits per heavy atom. The van der Waals surface area contributed by atoms with Crippen molar-refractivity contribution in [3.05, 3.63) is 105 Å². The summed E-state index contributed by atoms with van der Waals surface area (Å²) >= 11 is 0. The number of morpholine rings is 1. The number of nitrogens with zero attached hydrogens (tertiary/aromatic N) is 4. The number of hydrogen-bond donors (Lipinski definition) is 5. The van der Waals surface area contributed by atoms with Crippen LogP contribution in [0.2, 0.25) is 0 Å². The Labute approximate surface area is 567 Å². The third-order valence-electron chi connectivity index (χ3n) is 23.3. The Morgan fingerprint density at radius 1 is 0.449 bits per heavy atom. The first kappa shape index (κ1) is 72.9. The molecule has 7 aliphatic heterocycles. The highest BCUT2D eigenvalue weighted by Gasteiger charge is 2.62. The predicted molar refractivity (Wildman–Crippen MR) is 346 cm³/mol. The maximum absolute atomic E-state index is 14.1. The summed E-state index contributed by atoms with van der Waals surface area (Å²) in [5, 5.41) is 5.92. The van der Waals surface area contributed by atoms with Crippen molar-refractivity contribution in [3.63, 3.8) is 0 Å². The number of carbonyl (C=O) groups excluding carboxylic acids is 6. The van der Waals surface area contributed by atoms with Gasteiger partial charge in [0.05, 0.1) is 13.2 Å². The van der Waals surface area contributed by atoms with Crippen LogP contribution in [-0.4, -0.2) is 148 Å². The molecule has 10 aliphatic rings. The molecule has 16 nitrogen and oxygen atoms in total. The molecule has 6 bridgehead atoms. The van der Waals surface area contributed by atoms with E-state index in [0.29, 0.717) is 102 Å². The van der Waals surface area contributed by atoms with Crippen LogP contribution in [0.1, 0.15) is 179 Å². The Balaban J connectivity index is 0.000000150. The van der Waals surface area contributed by atoms with E-state index in [1.807, 2.05) is 14.7 Å². The van der Waals surface area contributed by atoms with Gasteiger partial charge in [0.2, 0.25) is 35.4 Å². The standard InChI is InChI=1S/C28H40F3N3O2.C24H30F3N3O3.C21H26F3N3O2/c1-28(2,3)18-4-6-19(7-5-18)33-26(35)15-27(36)34-20-8-9-21(34)11-17(10-20)25(32)13-16-12-23(30)24(31)14-22(16)29;25-18-13-20(27)19(26)11-14(18)12-21(28)15-9-16-1-2-17(10-15)30(16)23(32)24(3-4-24)22(31)29-5-7-33-8-6-29;22-16-9-18(24)17(23)7-11(16)8-19(25)12-5-14-3-4-15(6-12)27(14)21(29)10-20(28)26-13-1-2-13/h12,14,17-21,25H,4-11,13,15,32H2,1-3H3,(H,33,35);11,13,15-17,21H,1-10,12,28H2;7,9,12-15,19H,1-6,8,10,25H2,(H,26,28)/t17?,18?,19?,20-,21+,25-;15?,16-,17+,21-;12?,14-,15+,19-/m111/s1. The van der Waals surface area contributed by atoms with Gasteiger partial charge in [-0.1, -0.05) is 20.8 Å². The highest BCUT2D eigenvalue weighted by molar-refractivity contribution is 6.08. The molecule has 10 fully saturated rings. The lowest BCUT2D eigenvalue weighted by Crippen LogP contribution is -2.56. The van der Waals surface area contributed by atoms with Crippen molar-refractivity contribution in [1.82, 2.24) is 30.2 Å². The Morgan fingerprint density at radius 3 is 1.06 bits per heavy atom. The summed E-state index contributed by atoms with van der Waals surface area (Å²) in [6.45, 7) is 8.85. The van der Waals surface area contributed by atoms with E-state index in [-0.39, 0.29) is 156 Å². The first-order valence-electron chi connectivity index (χ1n) is 35.6. The number of benzene rings is 3. The van der Waals surface area contributed by atoms with Crippen LogP contribution in [0, 0.1) is 86.9 Å². The van der Waals surface area contributed by atoms with Gasteiger partial charge >= 0.3 is 0 Å². The summed E-state index contributed by atoms with van der Waals surface area (Å²) in [4.78, 5) is 84.6. The fraction of sp³-hybridized carbons (Fsp3) is 0.671. The van der Waals surface area contributed by atoms with E-state index in [1.165, 1.54) is 0 Å². The number of hydrogen-bond acceptors (Lipinski definition) is 10. The molecule has 3 unspecified atom stereocenters. The normalized spacial score (nSPS) is 28.5. The topological polar surface area (TPSA) is 227 Å². The molecule has 12 atom stereocenters. The third kappa shape index (κ3) is 16.8. The third-order valence-corrected chi connectivity index (χ3v) is 23.3. The Kier molecular flexibility index (Phi) is 22.7. The summed E-state index contributed by atoms with van der Waals surface area (Å²) in [5.74, 6) is -9.28. The van der Waals surface area contributed by atoms with Gasteiger partial charge in [-0.3, -0.25) is 28.8 Å². The molecular formula is C73H96F9N9O7. The summed E-state index contributed by atoms with van der Waals surface area (Å²) in [6.07, 6.45) is 16.5. The molecule has 3 saturated carbocycles. The van der Waals surface area contributed by atoms with Gasteiger partial charge in [0.15, 0.2) is 34.9 Å². The zero-order valence-corrected chi connectivity index (χ0v) is 56.4. The second-order valence-corrected chi connectivity index (χ2v) is 31.0. The molecule has 3 aliphatic carbocycles. The van der Waals surface area contributed by atoms with Crippen LogP contribution in [0.5, 0.6) is 0 Å². The molecule has 3 aromatic rings. The molecule has 0 radical (unpaired) electrons. The summed E-state index contributed by atoms with van der Waals surface area (Å²) < 4.78 is 128. The second-order valence-electron chi connectivity index (χ2n) is 31.0. The maximum atomic E-state index is 14.1. The number of rotatable bonds is 17. The van der Waals surface area contributed by atoms with Crippen molar-refractivity contribution < 1.29 is 73.0 Å². The molecule has 0 aromatic heterocycles. The van der Waals surface area contributed by atoms with Gasteiger partial charge in [-0.15, -0.1) is 0 Å². The van der Waals surface area contributed by atoms with Crippen LogP contribution in [0.3, 0.4) is 0 Å². The predicted octanol–water partition coefficient (Wildman–Crippen LogP) is 9.65. The van der Waals surface area contributed by atoms with Crippen LogP contribution in [0.4, 0.5) is 39.5 Å². The largest absolute Gasteiger partial charge is 0.378 e. The number of ether oxygens (including phenoxy) is 1. The molecule has 8 N–H and O–H groups in total. The molecule has 538 valence electrons. The van der Waals surface area contributed by atoms with E-state index >= 15 is 0 Å². The van der Waals surface area contributed by atoms with Gasteiger partial charge in [0, 0.05) is 97.7 Å². The molecule has 6 amide bonds. The van der Waals surface area contributed by atoms with Gasteiger partial charge in [-0.05, 0) is 212 Å². The Hall–Kier alpha value is -6.31. The van der Waals surface area contributed by atoms with Crippen LogP contribution in [0.15, 0.2) is 36.4 Å². The highest BCUT2D eigenvalue weighted by Crippen LogP contribution is 2.53. The molecule has 7 saturated heterocycles. The molecule has 7 heterocycles. The fourth-order valence-electron chi connectivity index (χ4n) is 17.6. The lowest BCUT2D eigenvalue weighted by molar-refractivity contribution is -0.155. The molecule has 13 rings (SSSR count). The van der Waals surface area contributed by atoms with Gasteiger partial charge < -0.3 is 52.2 Å². The zero-order chi connectivity index (χ0) is 70.2. The van der Waals surface area contributed by atoms with Crippen molar-refractivity contribution in [2.75, 3.05) is 26.3 Å². The molecule has 3 aromatic carbocycles. The van der Waals surface area contributed by atoms with E-state index in [0.717, 1.165) is 95.2 Å². The van der Waals surface area contributed by atoms with Gasteiger partial charge in [-0.2, -0.15) is 0 Å². The lowest BCUT2D eigenvalue weighted by atomic mass is 9.71. The highest BCUT2D eigenvalue weighted by atomic mass is 19.2. The number of nitrogens with two attached hydrogens (primary N) is 3. The van der Waals surface area contributed by atoms with E-state index in [1.54, 1.807) is 4.90 Å². The minimum atomic E-state index is -1.21. The van der Waals surface area contributed by atoms with Crippen molar-refractivity contribution >= 4 is 35.4 Å². The summed E-state index contributed by atoms with van der Waals surface area (Å²) in [7, 11) is 0. The summed E-state index contributed by atoms with van der Waals surface area (Å²) in [6, 6.07) is 3.52. The first-order valence-corrected chi connectivity index (χ1v) is 35.6. The summed E-state index contributed by atoms with van der Waals surface area (Å²) in [5.41, 5.74) is 18.7. The maximum Gasteiger partial charge on any atom is 0.238 e. The minimum absolute atomic E-state index is 0.0112. The lowest BCUT2D eigenvalue weighted by Gasteiger charge is -2.43. The Bertz CT molecular complexity index is 3390. The molecule has 0 spiro atoms. The average molecular weight is 1380 g/mol. The van der Waals surface area contributed by atoms with E-state index in [4.69, 9.17) is 21.9 Å². The number of amides is 6. The smallest absolute Gasteiger partial charge is 0.238 e. The van der Waals surface area contributed by atoms with Crippen molar-refractivity contribution in [1.29, 1.82) is 0 Å². The quantitative estimate of drug-likeness (QED) is 0.0488. The van der Waals surface area contributed by atoms with Crippen molar-refractivity contribution in [3.8, 4) is 0 Å². The van der Waals surface area contributed by atoms with Crippen LogP contribution < -0.4 is 27.8 Å². The van der Waals surface area contributed by atoms with E-state index in [2.05, 4.69) is 31.4 Å². The average Bonchev–Trinajstić information content (AvgIpc) is 1.57. The van der Waals surface area contributed by atoms with Gasteiger partial charge in [0.1, 0.15) is 35.7 Å². The van der Waals surface area contributed by atoms with Crippen molar-refractivity contribution in [2.24, 2.45) is 51.7 Å². The monoisotopic (exact) mass is 1380 g/mol. The van der Waals surface area contributed by atoms with Crippen molar-refractivity contribution in [2.45, 2.75) is 248 Å². The van der Waals surface area contributed by atoms with Gasteiger partial charge in [-0.25, -0.2) is 39.5 Å². The molecular weight excluding hydrogens is 1290 g/mol. The van der Waals surface area contributed by atoms with E-state index < -0.39 is 75.9 Å². The SMILES string of the molecule is CC(C)(C)C1CCC(NC(=O)CC(=O)N2[C@@H]3CC[C@H]2CC([C@H](N)Cc2cc(F)c(F)cc2F)C3)CC1.N[C@H](Cc1cc(F)c(F)cc1F)C1C[C@H]2CC[C@@H](C1)N2C(=O)C1(C(=O)N2CCOCC2)CC1.N[C@H](Cc1cc(F)c(F)cc1F)C1C[C@H]2CC[C@@H](C1)N2C(=O)CC(=O)NC1CC1. The zero-order valence-electron chi connectivity index (χ0n) is 56.4.